The van der Waals surface area contributed by atoms with Gasteiger partial charge in [-0.3, -0.25) is 4.79 Å². The van der Waals surface area contributed by atoms with Crippen LogP contribution in [0.1, 0.15) is 51.4 Å². The molecule has 3 aliphatic rings. The molecule has 0 spiro atoms. The quantitative estimate of drug-likeness (QED) is 0.805. The van der Waals surface area contributed by atoms with Crippen molar-refractivity contribution in [2.24, 2.45) is 23.5 Å². The standard InChI is InChI=1S/C15H24N2OS/c16-13(19)9-17(10-5-1-2-6-10)15(18)14-11-7-3-4-8-12(11)14/h10-12,14H,1-9H2,(H2,16,19). The molecule has 0 aromatic rings. The average molecular weight is 280 g/mol. The van der Waals surface area contributed by atoms with Gasteiger partial charge >= 0.3 is 0 Å². The number of thiocarbonyl (C=S) groups is 1. The highest BCUT2D eigenvalue weighted by molar-refractivity contribution is 7.80. The Morgan fingerprint density at radius 3 is 2.11 bits per heavy atom. The van der Waals surface area contributed by atoms with E-state index in [9.17, 15) is 4.79 Å². The van der Waals surface area contributed by atoms with Gasteiger partial charge in [-0.1, -0.05) is 37.9 Å². The van der Waals surface area contributed by atoms with Gasteiger partial charge in [-0.2, -0.15) is 0 Å². The molecular weight excluding hydrogens is 256 g/mol. The molecule has 0 aromatic carbocycles. The first-order valence-corrected chi connectivity index (χ1v) is 8.18. The minimum atomic E-state index is 0.303. The van der Waals surface area contributed by atoms with E-state index in [1.54, 1.807) is 0 Å². The Morgan fingerprint density at radius 2 is 1.58 bits per heavy atom. The van der Waals surface area contributed by atoms with Crippen LogP contribution in [0.4, 0.5) is 0 Å². The third-order valence-electron chi connectivity index (χ3n) is 5.32. The number of carbonyl (C=O) groups is 1. The Morgan fingerprint density at radius 1 is 1.05 bits per heavy atom. The van der Waals surface area contributed by atoms with Crippen LogP contribution in [0.25, 0.3) is 0 Å². The van der Waals surface area contributed by atoms with Gasteiger partial charge in [0.15, 0.2) is 0 Å². The third kappa shape index (κ3) is 2.64. The van der Waals surface area contributed by atoms with Crippen LogP contribution in [0, 0.1) is 17.8 Å². The molecule has 0 bridgehead atoms. The number of amides is 1. The molecule has 3 rings (SSSR count). The molecule has 19 heavy (non-hydrogen) atoms. The fourth-order valence-corrected chi connectivity index (χ4v) is 4.46. The molecule has 2 unspecified atom stereocenters. The van der Waals surface area contributed by atoms with Gasteiger partial charge in [0.25, 0.3) is 0 Å². The van der Waals surface area contributed by atoms with Crippen LogP contribution < -0.4 is 5.73 Å². The van der Waals surface area contributed by atoms with Crippen LogP contribution in [0.5, 0.6) is 0 Å². The minimum Gasteiger partial charge on any atom is -0.392 e. The maximum atomic E-state index is 12.8. The lowest BCUT2D eigenvalue weighted by molar-refractivity contribution is -0.134. The molecule has 4 heteroatoms. The molecule has 0 heterocycles. The highest BCUT2D eigenvalue weighted by Crippen LogP contribution is 2.56. The second kappa shape index (κ2) is 5.39. The molecule has 0 aliphatic heterocycles. The number of hydrogen-bond donors (Lipinski definition) is 1. The molecule has 0 radical (unpaired) electrons. The molecule has 3 aliphatic carbocycles. The van der Waals surface area contributed by atoms with E-state index in [4.69, 9.17) is 18.0 Å². The van der Waals surface area contributed by atoms with Crippen molar-refractivity contribution in [3.8, 4) is 0 Å². The first kappa shape index (κ1) is 13.3. The predicted molar refractivity (Wildman–Crippen MR) is 79.7 cm³/mol. The van der Waals surface area contributed by atoms with Crippen molar-refractivity contribution in [2.45, 2.75) is 57.4 Å². The predicted octanol–water partition coefficient (Wildman–Crippen LogP) is 2.48. The Kier molecular flexibility index (Phi) is 3.79. The zero-order chi connectivity index (χ0) is 13.4. The van der Waals surface area contributed by atoms with Crippen molar-refractivity contribution in [3.05, 3.63) is 0 Å². The van der Waals surface area contributed by atoms with Crippen molar-refractivity contribution in [1.82, 2.24) is 4.90 Å². The van der Waals surface area contributed by atoms with Crippen LogP contribution >= 0.6 is 12.2 Å². The number of nitrogens with zero attached hydrogens (tertiary/aromatic N) is 1. The molecule has 0 aromatic heterocycles. The van der Waals surface area contributed by atoms with E-state index in [-0.39, 0.29) is 0 Å². The third-order valence-corrected chi connectivity index (χ3v) is 5.45. The summed E-state index contributed by atoms with van der Waals surface area (Å²) in [7, 11) is 0. The summed E-state index contributed by atoms with van der Waals surface area (Å²) in [5.41, 5.74) is 5.70. The molecule has 3 fully saturated rings. The van der Waals surface area contributed by atoms with E-state index in [1.807, 2.05) is 4.90 Å². The SMILES string of the molecule is NC(=S)CN(C(=O)C1C2CCCCC21)C1CCCC1. The maximum absolute atomic E-state index is 12.8. The molecule has 1 amide bonds. The largest absolute Gasteiger partial charge is 0.392 e. The summed E-state index contributed by atoms with van der Waals surface area (Å²) >= 11 is 5.05. The Hall–Kier alpha value is -0.640. The Bertz CT molecular complexity index is 366. The van der Waals surface area contributed by atoms with Gasteiger partial charge in [0.1, 0.15) is 0 Å². The fraction of sp³-hybridized carbons (Fsp3) is 0.867. The van der Waals surface area contributed by atoms with E-state index >= 15 is 0 Å². The van der Waals surface area contributed by atoms with Crippen LogP contribution in [0.3, 0.4) is 0 Å². The monoisotopic (exact) mass is 280 g/mol. The Balaban J connectivity index is 1.68. The van der Waals surface area contributed by atoms with Crippen molar-refractivity contribution in [1.29, 1.82) is 0 Å². The van der Waals surface area contributed by atoms with E-state index in [2.05, 4.69) is 0 Å². The summed E-state index contributed by atoms with van der Waals surface area (Å²) in [6.45, 7) is 0.495. The molecule has 3 nitrogen and oxygen atoms in total. The van der Waals surface area contributed by atoms with Crippen LogP contribution in [0.2, 0.25) is 0 Å². The minimum absolute atomic E-state index is 0.303. The summed E-state index contributed by atoms with van der Waals surface area (Å²) < 4.78 is 0. The van der Waals surface area contributed by atoms with Gasteiger partial charge in [-0.25, -0.2) is 0 Å². The van der Waals surface area contributed by atoms with Gasteiger partial charge in [0.2, 0.25) is 5.91 Å². The molecule has 0 saturated heterocycles. The fourth-order valence-electron chi connectivity index (χ4n) is 4.32. The second-order valence-corrected chi connectivity index (χ2v) is 7.03. The van der Waals surface area contributed by atoms with Crippen LogP contribution in [0.15, 0.2) is 0 Å². The molecule has 2 atom stereocenters. The summed E-state index contributed by atoms with van der Waals surface area (Å²) in [6, 6.07) is 0.400. The summed E-state index contributed by atoms with van der Waals surface area (Å²) in [4.78, 5) is 15.3. The van der Waals surface area contributed by atoms with Gasteiger partial charge in [-0.15, -0.1) is 0 Å². The molecule has 2 N–H and O–H groups in total. The van der Waals surface area contributed by atoms with Crippen molar-refractivity contribution < 1.29 is 4.79 Å². The molecule has 3 saturated carbocycles. The van der Waals surface area contributed by atoms with E-state index in [0.717, 1.165) is 12.8 Å². The summed E-state index contributed by atoms with van der Waals surface area (Å²) in [6.07, 6.45) is 9.88. The lowest BCUT2D eigenvalue weighted by Crippen LogP contribution is -2.44. The molecular formula is C15H24N2OS. The van der Waals surface area contributed by atoms with Gasteiger partial charge in [-0.05, 0) is 37.5 Å². The van der Waals surface area contributed by atoms with Crippen LogP contribution in [-0.2, 0) is 4.79 Å². The number of rotatable bonds is 4. The normalized spacial score (nSPS) is 33.8. The number of hydrogen-bond acceptors (Lipinski definition) is 2. The first-order valence-electron chi connectivity index (χ1n) is 7.77. The Labute approximate surface area is 120 Å². The average Bonchev–Trinajstić information content (AvgIpc) is 2.86. The van der Waals surface area contributed by atoms with Gasteiger partial charge in [0, 0.05) is 12.0 Å². The summed E-state index contributed by atoms with van der Waals surface area (Å²) in [5, 5.41) is 0. The van der Waals surface area contributed by atoms with E-state index in [0.29, 0.717) is 41.2 Å². The van der Waals surface area contributed by atoms with Crippen LogP contribution in [-0.4, -0.2) is 28.4 Å². The van der Waals surface area contributed by atoms with Crippen molar-refractivity contribution in [3.63, 3.8) is 0 Å². The van der Waals surface area contributed by atoms with E-state index < -0.39 is 0 Å². The first-order chi connectivity index (χ1) is 9.18. The number of fused-ring (bicyclic) bond motifs is 1. The smallest absolute Gasteiger partial charge is 0.226 e. The lowest BCUT2D eigenvalue weighted by Gasteiger charge is -2.29. The zero-order valence-electron chi connectivity index (χ0n) is 11.5. The van der Waals surface area contributed by atoms with Crippen molar-refractivity contribution >= 4 is 23.1 Å². The topological polar surface area (TPSA) is 46.3 Å². The number of nitrogens with two attached hydrogens (primary N) is 1. The highest BCUT2D eigenvalue weighted by Gasteiger charge is 2.56. The van der Waals surface area contributed by atoms with Gasteiger partial charge < -0.3 is 10.6 Å². The lowest BCUT2D eigenvalue weighted by atomic mass is 10.0. The van der Waals surface area contributed by atoms with Gasteiger partial charge in [0.05, 0.1) is 11.5 Å². The zero-order valence-corrected chi connectivity index (χ0v) is 12.3. The number of carbonyl (C=O) groups excluding carboxylic acids is 1. The van der Waals surface area contributed by atoms with Crippen molar-refractivity contribution in [2.75, 3.05) is 6.54 Å². The highest BCUT2D eigenvalue weighted by atomic mass is 32.1. The van der Waals surface area contributed by atoms with E-state index in [1.165, 1.54) is 38.5 Å². The summed E-state index contributed by atoms with van der Waals surface area (Å²) in [5.74, 6) is 2.02. The maximum Gasteiger partial charge on any atom is 0.226 e. The molecule has 106 valence electrons. The second-order valence-electron chi connectivity index (χ2n) is 6.51.